The topological polar surface area (TPSA) is 49.7 Å². The summed E-state index contributed by atoms with van der Waals surface area (Å²) < 4.78 is 0. The molecule has 0 heterocycles. The Balaban J connectivity index is 3.81. The van der Waals surface area contributed by atoms with Gasteiger partial charge in [0.2, 0.25) is 0 Å². The maximum absolute atomic E-state index is 10.1. The van der Waals surface area contributed by atoms with E-state index in [1.54, 1.807) is 6.21 Å². The van der Waals surface area contributed by atoms with E-state index in [9.17, 15) is 4.79 Å². The molecule has 3 nitrogen and oxygen atoms in total. The molecule has 1 N–H and O–H groups in total. The number of carboxylic acids is 1. The second-order valence-corrected chi connectivity index (χ2v) is 2.06. The molecule has 0 aliphatic carbocycles. The third kappa shape index (κ3) is 5.33. The van der Waals surface area contributed by atoms with Gasteiger partial charge in [-0.3, -0.25) is 9.79 Å². The molecule has 0 aliphatic heterocycles. The van der Waals surface area contributed by atoms with E-state index >= 15 is 0 Å². The zero-order valence-electron chi connectivity index (χ0n) is 6.87. The van der Waals surface area contributed by atoms with E-state index in [-0.39, 0.29) is 6.42 Å². The molecule has 0 unspecified atom stereocenters. The number of allylic oxidation sites excluding steroid dienone is 2. The van der Waals surface area contributed by atoms with Gasteiger partial charge in [0.05, 0.1) is 6.42 Å². The van der Waals surface area contributed by atoms with Crippen molar-refractivity contribution in [2.24, 2.45) is 4.99 Å². The predicted molar refractivity (Wildman–Crippen MR) is 44.8 cm³/mol. The molecular weight excluding hydrogens is 142 g/mol. The van der Waals surface area contributed by atoms with E-state index in [0.717, 1.165) is 5.70 Å². The number of aliphatic carboxylic acids is 1. The molecule has 3 heteroatoms. The van der Waals surface area contributed by atoms with Crippen molar-refractivity contribution in [3.63, 3.8) is 0 Å². The molecule has 0 bridgehead atoms. The second kappa shape index (κ2) is 5.65. The van der Waals surface area contributed by atoms with Crippen LogP contribution in [0.1, 0.15) is 26.7 Å². The fourth-order valence-electron chi connectivity index (χ4n) is 0.684. The molecule has 0 atom stereocenters. The van der Waals surface area contributed by atoms with Gasteiger partial charge in [0.1, 0.15) is 0 Å². The van der Waals surface area contributed by atoms with E-state index in [2.05, 4.69) is 4.99 Å². The first-order valence-electron chi connectivity index (χ1n) is 3.56. The minimum atomic E-state index is -0.782. The van der Waals surface area contributed by atoms with Gasteiger partial charge in [-0.15, -0.1) is 0 Å². The molecule has 11 heavy (non-hydrogen) atoms. The first-order valence-corrected chi connectivity index (χ1v) is 3.56. The van der Waals surface area contributed by atoms with Crippen molar-refractivity contribution in [2.45, 2.75) is 26.7 Å². The monoisotopic (exact) mass is 155 g/mol. The first-order chi connectivity index (χ1) is 5.20. The molecule has 0 aromatic carbocycles. The van der Waals surface area contributed by atoms with E-state index < -0.39 is 5.97 Å². The highest BCUT2D eigenvalue weighted by Gasteiger charge is 1.98. The van der Waals surface area contributed by atoms with E-state index in [1.165, 1.54) is 0 Å². The molecule has 0 radical (unpaired) electrons. The molecule has 0 saturated heterocycles. The summed E-state index contributed by atoms with van der Waals surface area (Å²) in [5.41, 5.74) is 0.829. The molecule has 0 amide bonds. The van der Waals surface area contributed by atoms with Crippen molar-refractivity contribution in [3.8, 4) is 0 Å². The van der Waals surface area contributed by atoms with Crippen LogP contribution in [0.4, 0.5) is 0 Å². The van der Waals surface area contributed by atoms with Crippen LogP contribution in [0.15, 0.2) is 16.8 Å². The van der Waals surface area contributed by atoms with Crippen LogP contribution >= 0.6 is 0 Å². The summed E-state index contributed by atoms with van der Waals surface area (Å²) in [7, 11) is 0. The lowest BCUT2D eigenvalue weighted by Gasteiger charge is -1.95. The molecule has 0 aromatic heterocycles. The number of carbonyl (C=O) groups is 1. The number of nitrogens with zero attached hydrogens (tertiary/aromatic N) is 1. The van der Waals surface area contributed by atoms with Gasteiger partial charge in [0.15, 0.2) is 0 Å². The summed E-state index contributed by atoms with van der Waals surface area (Å²) in [5, 5.41) is 8.35. The quantitative estimate of drug-likeness (QED) is 0.630. The molecule has 62 valence electrons. The van der Waals surface area contributed by atoms with Crippen LogP contribution < -0.4 is 0 Å². The van der Waals surface area contributed by atoms with Crippen LogP contribution in [0.25, 0.3) is 0 Å². The summed E-state index contributed by atoms with van der Waals surface area (Å²) in [4.78, 5) is 14.1. The number of aliphatic imine (C=N–C) groups is 1. The second-order valence-electron chi connectivity index (χ2n) is 2.06. The Kier molecular flexibility index (Phi) is 5.07. The largest absolute Gasteiger partial charge is 0.481 e. The Hall–Kier alpha value is -1.12. The maximum Gasteiger partial charge on any atom is 0.303 e. The summed E-state index contributed by atoms with van der Waals surface area (Å²) >= 11 is 0. The highest BCUT2D eigenvalue weighted by atomic mass is 16.4. The number of rotatable bonds is 4. The lowest BCUT2D eigenvalue weighted by Crippen LogP contribution is -1.94. The predicted octanol–water partition coefficient (Wildman–Crippen LogP) is 1.85. The van der Waals surface area contributed by atoms with Gasteiger partial charge in [-0.05, 0) is 20.3 Å². The van der Waals surface area contributed by atoms with Crippen molar-refractivity contribution >= 4 is 12.2 Å². The fraction of sp³-hybridized carbons (Fsp3) is 0.500. The summed E-state index contributed by atoms with van der Waals surface area (Å²) in [6.45, 7) is 3.66. The molecule has 0 aliphatic rings. The van der Waals surface area contributed by atoms with Gasteiger partial charge in [0, 0.05) is 11.9 Å². The average Bonchev–Trinajstić information content (AvgIpc) is 1.97. The van der Waals surface area contributed by atoms with Crippen molar-refractivity contribution in [3.05, 3.63) is 11.8 Å². The normalized spacial score (nSPS) is 12.4. The lowest BCUT2D eigenvalue weighted by molar-refractivity contribution is -0.136. The van der Waals surface area contributed by atoms with Crippen LogP contribution in [0.3, 0.4) is 0 Å². The van der Waals surface area contributed by atoms with Gasteiger partial charge < -0.3 is 5.11 Å². The molecule has 0 fully saturated rings. The Morgan fingerprint density at radius 2 is 2.09 bits per heavy atom. The standard InChI is InChI=1S/C8H13NO2/c1-3-7(9-4-2)5-6-8(10)11/h3-4H,5-6H2,1-2H3,(H,10,11)/b7-3-,9-4-. The minimum absolute atomic E-state index is 0.150. The first kappa shape index (κ1) is 9.88. The molecule has 0 spiro atoms. The van der Waals surface area contributed by atoms with Crippen molar-refractivity contribution in [1.82, 2.24) is 0 Å². The highest BCUT2D eigenvalue weighted by molar-refractivity contribution is 5.67. The summed E-state index contributed by atoms with van der Waals surface area (Å²) in [6.07, 6.45) is 4.15. The zero-order chi connectivity index (χ0) is 8.69. The molecule has 0 aromatic rings. The molecule has 0 rings (SSSR count). The van der Waals surface area contributed by atoms with Gasteiger partial charge in [0.25, 0.3) is 0 Å². The molecular formula is C8H13NO2. The van der Waals surface area contributed by atoms with Crippen molar-refractivity contribution < 1.29 is 9.90 Å². The van der Waals surface area contributed by atoms with E-state index in [4.69, 9.17) is 5.11 Å². The van der Waals surface area contributed by atoms with Crippen LogP contribution in [-0.2, 0) is 4.79 Å². The van der Waals surface area contributed by atoms with Crippen LogP contribution in [0, 0.1) is 0 Å². The summed E-state index contributed by atoms with van der Waals surface area (Å²) in [6, 6.07) is 0. The minimum Gasteiger partial charge on any atom is -0.481 e. The van der Waals surface area contributed by atoms with Crippen LogP contribution in [0.5, 0.6) is 0 Å². The van der Waals surface area contributed by atoms with Gasteiger partial charge in [-0.25, -0.2) is 0 Å². The number of hydrogen-bond donors (Lipinski definition) is 1. The maximum atomic E-state index is 10.1. The average molecular weight is 155 g/mol. The SMILES string of the molecule is C/C=N\C(=C/C)CCC(=O)O. The number of hydrogen-bond acceptors (Lipinski definition) is 2. The van der Waals surface area contributed by atoms with E-state index in [0.29, 0.717) is 6.42 Å². The van der Waals surface area contributed by atoms with Gasteiger partial charge in [-0.2, -0.15) is 0 Å². The Bertz CT molecular complexity index is 183. The Labute approximate surface area is 66.5 Å². The van der Waals surface area contributed by atoms with E-state index in [1.807, 2.05) is 19.9 Å². The fourth-order valence-corrected chi connectivity index (χ4v) is 0.684. The van der Waals surface area contributed by atoms with Gasteiger partial charge in [-0.1, -0.05) is 6.08 Å². The Morgan fingerprint density at radius 3 is 2.45 bits per heavy atom. The molecule has 0 saturated carbocycles. The van der Waals surface area contributed by atoms with Crippen molar-refractivity contribution in [1.29, 1.82) is 0 Å². The third-order valence-electron chi connectivity index (χ3n) is 1.22. The van der Waals surface area contributed by atoms with Crippen LogP contribution in [-0.4, -0.2) is 17.3 Å². The zero-order valence-corrected chi connectivity index (χ0v) is 6.87. The lowest BCUT2D eigenvalue weighted by atomic mass is 10.2. The van der Waals surface area contributed by atoms with Crippen LogP contribution in [0.2, 0.25) is 0 Å². The third-order valence-corrected chi connectivity index (χ3v) is 1.22. The Morgan fingerprint density at radius 1 is 1.45 bits per heavy atom. The number of carboxylic acid groups (broad SMARTS) is 1. The van der Waals surface area contributed by atoms with Gasteiger partial charge >= 0.3 is 5.97 Å². The summed E-state index contributed by atoms with van der Waals surface area (Å²) in [5.74, 6) is -0.782. The smallest absolute Gasteiger partial charge is 0.303 e. The highest BCUT2D eigenvalue weighted by Crippen LogP contribution is 2.05. The van der Waals surface area contributed by atoms with Crippen molar-refractivity contribution in [2.75, 3.05) is 0 Å².